The Bertz CT molecular complexity index is 341. The Kier molecular flexibility index (Phi) is 6.41. The van der Waals surface area contributed by atoms with Crippen molar-refractivity contribution in [1.82, 2.24) is 0 Å². The summed E-state index contributed by atoms with van der Waals surface area (Å²) >= 11 is 0. The van der Waals surface area contributed by atoms with Crippen molar-refractivity contribution in [3.8, 4) is 0 Å². The number of hydrogen-bond donors (Lipinski definition) is 4. The van der Waals surface area contributed by atoms with Crippen LogP contribution in [-0.2, 0) is 14.2 Å². The lowest BCUT2D eigenvalue weighted by atomic mass is 9.78. The van der Waals surface area contributed by atoms with E-state index in [2.05, 4.69) is 20.8 Å². The van der Waals surface area contributed by atoms with Gasteiger partial charge < -0.3 is 34.6 Å². The first kappa shape index (κ1) is 19.1. The summed E-state index contributed by atoms with van der Waals surface area (Å²) in [5, 5.41) is 39.0. The highest BCUT2D eigenvalue weighted by Gasteiger charge is 2.47. The van der Waals surface area contributed by atoms with Crippen molar-refractivity contribution in [3.05, 3.63) is 0 Å². The molecule has 0 bridgehead atoms. The SMILES string of the molecule is CCC1OC(OC2OC(CO)C(O)C(O)C2O)C(C)C(C)C1C. The molecule has 136 valence electrons. The van der Waals surface area contributed by atoms with Crippen molar-refractivity contribution in [2.75, 3.05) is 6.61 Å². The fraction of sp³-hybridized carbons (Fsp3) is 1.00. The summed E-state index contributed by atoms with van der Waals surface area (Å²) in [5.74, 6) is 0.841. The average molecular weight is 334 g/mol. The Morgan fingerprint density at radius 3 is 1.96 bits per heavy atom. The van der Waals surface area contributed by atoms with Crippen molar-refractivity contribution in [3.63, 3.8) is 0 Å². The highest BCUT2D eigenvalue weighted by atomic mass is 16.8. The zero-order valence-electron chi connectivity index (χ0n) is 14.2. The summed E-state index contributed by atoms with van der Waals surface area (Å²) in [5.41, 5.74) is 0. The van der Waals surface area contributed by atoms with Crippen LogP contribution in [0.4, 0.5) is 0 Å². The second-order valence-electron chi connectivity index (χ2n) is 6.86. The molecule has 0 radical (unpaired) electrons. The molecule has 2 rings (SSSR count). The molecule has 0 amide bonds. The summed E-state index contributed by atoms with van der Waals surface area (Å²) in [7, 11) is 0. The normalized spacial score (nSPS) is 51.7. The lowest BCUT2D eigenvalue weighted by Gasteiger charge is -2.46. The fourth-order valence-corrected chi connectivity index (χ4v) is 3.42. The van der Waals surface area contributed by atoms with Gasteiger partial charge in [-0.2, -0.15) is 0 Å². The zero-order chi connectivity index (χ0) is 17.3. The third-order valence-electron chi connectivity index (χ3n) is 5.50. The van der Waals surface area contributed by atoms with Gasteiger partial charge in [0.2, 0.25) is 0 Å². The van der Waals surface area contributed by atoms with Crippen LogP contribution in [-0.4, -0.2) is 70.1 Å². The summed E-state index contributed by atoms with van der Waals surface area (Å²) in [6, 6.07) is 0. The largest absolute Gasteiger partial charge is 0.394 e. The third kappa shape index (κ3) is 3.71. The predicted molar refractivity (Wildman–Crippen MR) is 81.3 cm³/mol. The van der Waals surface area contributed by atoms with Crippen LogP contribution in [0.5, 0.6) is 0 Å². The molecule has 0 aromatic heterocycles. The van der Waals surface area contributed by atoms with Gasteiger partial charge in [-0.15, -0.1) is 0 Å². The molecule has 0 spiro atoms. The van der Waals surface area contributed by atoms with Crippen LogP contribution in [0.15, 0.2) is 0 Å². The van der Waals surface area contributed by atoms with Gasteiger partial charge in [0, 0.05) is 5.92 Å². The number of hydrogen-bond acceptors (Lipinski definition) is 7. The average Bonchev–Trinajstić information content (AvgIpc) is 2.55. The van der Waals surface area contributed by atoms with Gasteiger partial charge in [0.25, 0.3) is 0 Å². The first-order chi connectivity index (χ1) is 10.8. The molecule has 2 aliphatic heterocycles. The van der Waals surface area contributed by atoms with Crippen LogP contribution < -0.4 is 0 Å². The molecule has 0 saturated carbocycles. The standard InChI is InChI=1S/C16H30O7/c1-5-10-8(3)7(2)9(4)15(21-10)23-16-14(20)13(19)12(18)11(6-17)22-16/h7-20H,5-6H2,1-4H3. The van der Waals surface area contributed by atoms with Gasteiger partial charge in [-0.25, -0.2) is 0 Å². The quantitative estimate of drug-likeness (QED) is 0.566. The Morgan fingerprint density at radius 1 is 0.783 bits per heavy atom. The molecule has 7 nitrogen and oxygen atoms in total. The summed E-state index contributed by atoms with van der Waals surface area (Å²) in [4.78, 5) is 0. The Morgan fingerprint density at radius 2 is 1.39 bits per heavy atom. The van der Waals surface area contributed by atoms with Gasteiger partial charge in [-0.3, -0.25) is 0 Å². The van der Waals surface area contributed by atoms with Crippen LogP contribution >= 0.6 is 0 Å². The first-order valence-electron chi connectivity index (χ1n) is 8.43. The van der Waals surface area contributed by atoms with Crippen molar-refractivity contribution in [2.24, 2.45) is 17.8 Å². The van der Waals surface area contributed by atoms with E-state index < -0.39 is 43.6 Å². The van der Waals surface area contributed by atoms with E-state index in [1.54, 1.807) is 0 Å². The smallest absolute Gasteiger partial charge is 0.189 e. The molecule has 0 aromatic rings. The minimum absolute atomic E-state index is 0.0519. The lowest BCUT2D eigenvalue weighted by Crippen LogP contribution is -2.60. The van der Waals surface area contributed by atoms with Crippen LogP contribution in [0.1, 0.15) is 34.1 Å². The van der Waals surface area contributed by atoms with Crippen molar-refractivity contribution in [1.29, 1.82) is 0 Å². The van der Waals surface area contributed by atoms with Crippen LogP contribution in [0.25, 0.3) is 0 Å². The number of rotatable bonds is 4. The minimum Gasteiger partial charge on any atom is -0.394 e. The van der Waals surface area contributed by atoms with E-state index in [1.165, 1.54) is 0 Å². The molecular weight excluding hydrogens is 304 g/mol. The van der Waals surface area contributed by atoms with Crippen LogP contribution in [0, 0.1) is 17.8 Å². The summed E-state index contributed by atoms with van der Waals surface area (Å²) in [6.07, 6.45) is -6.04. The molecule has 10 unspecified atom stereocenters. The van der Waals surface area contributed by atoms with Gasteiger partial charge in [-0.05, 0) is 18.3 Å². The van der Waals surface area contributed by atoms with Crippen molar-refractivity contribution < 1.29 is 34.6 Å². The van der Waals surface area contributed by atoms with E-state index in [4.69, 9.17) is 14.2 Å². The number of aliphatic hydroxyl groups excluding tert-OH is 4. The highest BCUT2D eigenvalue weighted by Crippen LogP contribution is 2.38. The second-order valence-corrected chi connectivity index (χ2v) is 6.86. The third-order valence-corrected chi connectivity index (χ3v) is 5.50. The Balaban J connectivity index is 2.07. The molecule has 7 heteroatoms. The lowest BCUT2D eigenvalue weighted by molar-refractivity contribution is -0.361. The maximum atomic E-state index is 10.1. The molecular formula is C16H30O7. The van der Waals surface area contributed by atoms with E-state index in [0.29, 0.717) is 11.8 Å². The monoisotopic (exact) mass is 334 g/mol. The molecule has 2 aliphatic rings. The Hall–Kier alpha value is -0.280. The molecule has 23 heavy (non-hydrogen) atoms. The molecule has 0 aliphatic carbocycles. The minimum atomic E-state index is -1.44. The van der Waals surface area contributed by atoms with E-state index in [0.717, 1.165) is 6.42 Å². The molecule has 10 atom stereocenters. The van der Waals surface area contributed by atoms with E-state index in [9.17, 15) is 20.4 Å². The maximum absolute atomic E-state index is 10.1. The highest BCUT2D eigenvalue weighted by molar-refractivity contribution is 4.90. The molecule has 2 saturated heterocycles. The van der Waals surface area contributed by atoms with E-state index in [1.807, 2.05) is 6.92 Å². The van der Waals surface area contributed by atoms with Gasteiger partial charge in [0.05, 0.1) is 12.7 Å². The predicted octanol–water partition coefficient (Wildman–Crippen LogP) is -0.154. The number of ether oxygens (including phenoxy) is 3. The van der Waals surface area contributed by atoms with E-state index in [-0.39, 0.29) is 12.0 Å². The molecule has 2 fully saturated rings. The van der Waals surface area contributed by atoms with Gasteiger partial charge in [0.1, 0.15) is 24.4 Å². The topological polar surface area (TPSA) is 109 Å². The van der Waals surface area contributed by atoms with Gasteiger partial charge in [-0.1, -0.05) is 27.7 Å². The molecule has 4 N–H and O–H groups in total. The molecule has 2 heterocycles. The second kappa shape index (κ2) is 7.74. The summed E-state index contributed by atoms with van der Waals surface area (Å²) in [6.45, 7) is 7.89. The number of aliphatic hydroxyl groups is 4. The van der Waals surface area contributed by atoms with Crippen LogP contribution in [0.3, 0.4) is 0 Å². The van der Waals surface area contributed by atoms with E-state index >= 15 is 0 Å². The fourth-order valence-electron chi connectivity index (χ4n) is 3.42. The van der Waals surface area contributed by atoms with Crippen molar-refractivity contribution in [2.45, 2.75) is 77.2 Å². The van der Waals surface area contributed by atoms with Gasteiger partial charge in [0.15, 0.2) is 12.6 Å². The summed E-state index contributed by atoms with van der Waals surface area (Å²) < 4.78 is 17.2. The zero-order valence-corrected chi connectivity index (χ0v) is 14.2. The maximum Gasteiger partial charge on any atom is 0.189 e. The van der Waals surface area contributed by atoms with Crippen molar-refractivity contribution >= 4 is 0 Å². The molecule has 0 aromatic carbocycles. The Labute approximate surface area is 137 Å². The van der Waals surface area contributed by atoms with Gasteiger partial charge >= 0.3 is 0 Å². The first-order valence-corrected chi connectivity index (χ1v) is 8.43. The van der Waals surface area contributed by atoms with Crippen LogP contribution in [0.2, 0.25) is 0 Å².